The predicted octanol–water partition coefficient (Wildman–Crippen LogP) is 4.67. The predicted molar refractivity (Wildman–Crippen MR) is 78.1 cm³/mol. The maximum absolute atomic E-state index is 5.91. The Morgan fingerprint density at radius 2 is 2.06 bits per heavy atom. The fourth-order valence-electron chi connectivity index (χ4n) is 0.957. The summed E-state index contributed by atoms with van der Waals surface area (Å²) < 4.78 is 0. The Balaban J connectivity index is 2.94. The van der Waals surface area contributed by atoms with Crippen LogP contribution in [0.2, 0.25) is 10.0 Å². The van der Waals surface area contributed by atoms with E-state index in [0.29, 0.717) is 15.1 Å². The molecule has 2 nitrogen and oxygen atoms in total. The molecule has 0 saturated heterocycles. The van der Waals surface area contributed by atoms with Crippen LogP contribution in [-0.4, -0.2) is 5.04 Å². The van der Waals surface area contributed by atoms with Crippen molar-refractivity contribution in [2.24, 2.45) is 10.7 Å². The monoisotopic (exact) mass is 306 g/mol. The quantitative estimate of drug-likeness (QED) is 0.381. The Morgan fingerprint density at radius 1 is 1.35 bits per heavy atom. The van der Waals surface area contributed by atoms with Gasteiger partial charge in [-0.05, 0) is 30.5 Å². The standard InChI is InChI=1S/C11H9Cl3N2S/c1-7(12)16-11(4-5-15)17-8-2-3-9(13)10(14)6-8/h2-6H,1,15H2/b5-4-,16-11?. The van der Waals surface area contributed by atoms with E-state index < -0.39 is 0 Å². The maximum Gasteiger partial charge on any atom is 0.123 e. The highest BCUT2D eigenvalue weighted by Crippen LogP contribution is 2.29. The van der Waals surface area contributed by atoms with Gasteiger partial charge in [-0.2, -0.15) is 0 Å². The third-order valence-corrected chi connectivity index (χ3v) is 3.33. The van der Waals surface area contributed by atoms with E-state index in [4.69, 9.17) is 40.5 Å². The molecular formula is C11H9Cl3N2S. The Hall–Kier alpha value is -0.610. The van der Waals surface area contributed by atoms with E-state index in [-0.39, 0.29) is 5.16 Å². The van der Waals surface area contributed by atoms with Crippen molar-refractivity contribution >= 4 is 51.6 Å². The summed E-state index contributed by atoms with van der Waals surface area (Å²) in [7, 11) is 0. The Labute approximate surface area is 119 Å². The number of halogens is 3. The van der Waals surface area contributed by atoms with E-state index in [2.05, 4.69) is 11.6 Å². The van der Waals surface area contributed by atoms with Crippen LogP contribution in [0.1, 0.15) is 0 Å². The van der Waals surface area contributed by atoms with Crippen molar-refractivity contribution in [2.75, 3.05) is 0 Å². The maximum atomic E-state index is 5.91. The van der Waals surface area contributed by atoms with Crippen LogP contribution < -0.4 is 5.73 Å². The lowest BCUT2D eigenvalue weighted by atomic mass is 10.4. The van der Waals surface area contributed by atoms with E-state index in [0.717, 1.165) is 4.90 Å². The minimum atomic E-state index is 0.186. The van der Waals surface area contributed by atoms with Gasteiger partial charge in [-0.1, -0.05) is 53.1 Å². The lowest BCUT2D eigenvalue weighted by Crippen LogP contribution is -1.90. The zero-order valence-electron chi connectivity index (χ0n) is 8.66. The largest absolute Gasteiger partial charge is 0.405 e. The van der Waals surface area contributed by atoms with Gasteiger partial charge in [0.05, 0.1) is 10.0 Å². The van der Waals surface area contributed by atoms with Gasteiger partial charge < -0.3 is 5.73 Å². The molecule has 0 heterocycles. The third-order valence-electron chi connectivity index (χ3n) is 1.58. The van der Waals surface area contributed by atoms with Crippen LogP contribution in [0.4, 0.5) is 0 Å². The number of nitrogens with two attached hydrogens (primary N) is 1. The van der Waals surface area contributed by atoms with E-state index in [1.807, 2.05) is 6.07 Å². The van der Waals surface area contributed by atoms with E-state index in [1.54, 1.807) is 18.2 Å². The van der Waals surface area contributed by atoms with Gasteiger partial charge in [-0.15, -0.1) is 0 Å². The number of benzene rings is 1. The van der Waals surface area contributed by atoms with Crippen molar-refractivity contribution in [1.82, 2.24) is 0 Å². The van der Waals surface area contributed by atoms with Gasteiger partial charge in [-0.3, -0.25) is 0 Å². The number of hydrogen-bond donors (Lipinski definition) is 1. The molecule has 90 valence electrons. The molecule has 0 bridgehead atoms. The van der Waals surface area contributed by atoms with Crippen molar-refractivity contribution in [2.45, 2.75) is 4.90 Å². The van der Waals surface area contributed by atoms with Crippen LogP contribution in [0.15, 0.2) is 52.1 Å². The molecule has 17 heavy (non-hydrogen) atoms. The molecule has 1 aromatic carbocycles. The van der Waals surface area contributed by atoms with Crippen LogP contribution in [0.5, 0.6) is 0 Å². The molecule has 0 spiro atoms. The molecule has 2 N–H and O–H groups in total. The van der Waals surface area contributed by atoms with Gasteiger partial charge in [0.15, 0.2) is 0 Å². The SMILES string of the molecule is C=C(Cl)N=C(/C=C\N)Sc1ccc(Cl)c(Cl)c1. The fourth-order valence-corrected chi connectivity index (χ4v) is 2.32. The number of thioether (sulfide) groups is 1. The summed E-state index contributed by atoms with van der Waals surface area (Å²) in [6, 6.07) is 5.28. The molecule has 1 aromatic rings. The first-order valence-electron chi connectivity index (χ1n) is 4.47. The first-order valence-corrected chi connectivity index (χ1v) is 6.42. The molecule has 6 heteroatoms. The second kappa shape index (κ2) is 6.97. The Morgan fingerprint density at radius 3 is 2.59 bits per heavy atom. The minimum absolute atomic E-state index is 0.186. The van der Waals surface area contributed by atoms with Crippen molar-refractivity contribution in [3.05, 3.63) is 52.3 Å². The molecule has 0 aromatic heterocycles. The highest BCUT2D eigenvalue weighted by Gasteiger charge is 2.03. The topological polar surface area (TPSA) is 38.4 Å². The smallest absolute Gasteiger partial charge is 0.123 e. The average molecular weight is 308 g/mol. The average Bonchev–Trinajstić information content (AvgIpc) is 2.23. The molecule has 0 saturated carbocycles. The van der Waals surface area contributed by atoms with E-state index in [1.165, 1.54) is 18.0 Å². The Kier molecular flexibility index (Phi) is 5.92. The molecule has 0 aliphatic carbocycles. The fraction of sp³-hybridized carbons (Fsp3) is 0. The summed E-state index contributed by atoms with van der Waals surface area (Å²) in [5.41, 5.74) is 5.32. The second-order valence-corrected chi connectivity index (χ2v) is 5.21. The molecule has 0 fully saturated rings. The summed E-state index contributed by atoms with van der Waals surface area (Å²) in [6.45, 7) is 3.49. The van der Waals surface area contributed by atoms with Crippen LogP contribution >= 0.6 is 46.6 Å². The lowest BCUT2D eigenvalue weighted by molar-refractivity contribution is 1.47. The molecule has 0 amide bonds. The second-order valence-electron chi connectivity index (χ2n) is 2.86. The third kappa shape index (κ3) is 5.04. The highest BCUT2D eigenvalue weighted by molar-refractivity contribution is 8.14. The van der Waals surface area contributed by atoms with Crippen molar-refractivity contribution in [3.63, 3.8) is 0 Å². The first-order chi connectivity index (χ1) is 8.02. The van der Waals surface area contributed by atoms with Gasteiger partial charge in [0.2, 0.25) is 0 Å². The number of hydrogen-bond acceptors (Lipinski definition) is 3. The first kappa shape index (κ1) is 14.5. The molecule has 0 atom stereocenters. The number of rotatable bonds is 3. The zero-order chi connectivity index (χ0) is 12.8. The lowest BCUT2D eigenvalue weighted by Gasteiger charge is -2.03. The van der Waals surface area contributed by atoms with Crippen LogP contribution in [0, 0.1) is 0 Å². The summed E-state index contributed by atoms with van der Waals surface area (Å²) in [5, 5.41) is 1.79. The molecule has 1 rings (SSSR count). The van der Waals surface area contributed by atoms with Gasteiger partial charge in [0, 0.05) is 4.90 Å². The van der Waals surface area contributed by atoms with Gasteiger partial charge in [0.25, 0.3) is 0 Å². The Bertz CT molecular complexity index is 484. The molecule has 0 unspecified atom stereocenters. The van der Waals surface area contributed by atoms with Gasteiger partial charge >= 0.3 is 0 Å². The van der Waals surface area contributed by atoms with Crippen LogP contribution in [-0.2, 0) is 0 Å². The number of aliphatic imine (C=N–C) groups is 1. The summed E-state index contributed by atoms with van der Waals surface area (Å²) in [4.78, 5) is 4.91. The van der Waals surface area contributed by atoms with E-state index >= 15 is 0 Å². The highest BCUT2D eigenvalue weighted by atomic mass is 35.5. The summed E-state index contributed by atoms with van der Waals surface area (Å²) >= 11 is 18.7. The normalized spacial score (nSPS) is 12.1. The molecule has 0 radical (unpaired) electrons. The number of nitrogens with zero attached hydrogens (tertiary/aromatic N) is 1. The summed E-state index contributed by atoms with van der Waals surface area (Å²) in [5.74, 6) is 0. The molecular weight excluding hydrogens is 299 g/mol. The van der Waals surface area contributed by atoms with Crippen molar-refractivity contribution in [1.29, 1.82) is 0 Å². The van der Waals surface area contributed by atoms with Crippen LogP contribution in [0.3, 0.4) is 0 Å². The summed E-state index contributed by atoms with van der Waals surface area (Å²) in [6.07, 6.45) is 3.00. The van der Waals surface area contributed by atoms with Crippen LogP contribution in [0.25, 0.3) is 0 Å². The van der Waals surface area contributed by atoms with E-state index in [9.17, 15) is 0 Å². The van der Waals surface area contributed by atoms with Crippen molar-refractivity contribution < 1.29 is 0 Å². The van der Waals surface area contributed by atoms with Gasteiger partial charge in [-0.25, -0.2) is 4.99 Å². The molecule has 0 aliphatic heterocycles. The molecule has 0 aliphatic rings. The minimum Gasteiger partial charge on any atom is -0.405 e. The zero-order valence-corrected chi connectivity index (χ0v) is 11.7. The van der Waals surface area contributed by atoms with Gasteiger partial charge in [0.1, 0.15) is 10.2 Å². The van der Waals surface area contributed by atoms with Crippen molar-refractivity contribution in [3.8, 4) is 0 Å².